The van der Waals surface area contributed by atoms with E-state index >= 15 is 0 Å². The number of nitrogens with zero attached hydrogens (tertiary/aromatic N) is 3. The Kier molecular flexibility index (Phi) is 9.63. The monoisotopic (exact) mass is 459 g/mol. The van der Waals surface area contributed by atoms with Crippen LogP contribution in [0.25, 0.3) is 0 Å². The minimum atomic E-state index is -0.397. The average molecular weight is 460 g/mol. The van der Waals surface area contributed by atoms with E-state index in [0.717, 1.165) is 56.7 Å². The summed E-state index contributed by atoms with van der Waals surface area (Å²) >= 11 is 0. The van der Waals surface area contributed by atoms with Gasteiger partial charge in [0.15, 0.2) is 0 Å². The van der Waals surface area contributed by atoms with Crippen LogP contribution in [-0.2, 0) is 4.74 Å². The number of urea groups is 1. The molecule has 33 heavy (non-hydrogen) atoms. The van der Waals surface area contributed by atoms with Crippen molar-refractivity contribution >= 4 is 6.03 Å². The summed E-state index contributed by atoms with van der Waals surface area (Å²) in [7, 11) is 0. The summed E-state index contributed by atoms with van der Waals surface area (Å²) in [6.45, 7) is 10.0. The standard InChI is InChI=1S/C26H35F2N3O2/c1-3-13-30(14-4-2)26(32)31-17-15-29(16-18-31)19-20-33-25(21-5-9-23(27)10-6-21)22-7-11-24(28)12-8-22/h5-12,25H,3-4,13-20H2,1-2H3. The number of benzene rings is 2. The smallest absolute Gasteiger partial charge is 0.320 e. The molecular formula is C26H35F2N3O2. The van der Waals surface area contributed by atoms with Crippen LogP contribution in [-0.4, -0.2) is 73.2 Å². The van der Waals surface area contributed by atoms with Gasteiger partial charge in [-0.05, 0) is 48.2 Å². The van der Waals surface area contributed by atoms with Crippen molar-refractivity contribution in [2.24, 2.45) is 0 Å². The first-order valence-corrected chi connectivity index (χ1v) is 11.9. The number of carbonyl (C=O) groups is 1. The maximum atomic E-state index is 13.4. The molecule has 1 fully saturated rings. The highest BCUT2D eigenvalue weighted by molar-refractivity contribution is 5.74. The molecule has 2 amide bonds. The number of hydrogen-bond donors (Lipinski definition) is 0. The largest absolute Gasteiger partial charge is 0.367 e. The van der Waals surface area contributed by atoms with E-state index in [4.69, 9.17) is 4.74 Å². The van der Waals surface area contributed by atoms with Crippen molar-refractivity contribution in [3.63, 3.8) is 0 Å². The van der Waals surface area contributed by atoms with Gasteiger partial charge in [-0.15, -0.1) is 0 Å². The van der Waals surface area contributed by atoms with Gasteiger partial charge in [0.25, 0.3) is 0 Å². The predicted molar refractivity (Wildman–Crippen MR) is 126 cm³/mol. The molecule has 0 radical (unpaired) electrons. The van der Waals surface area contributed by atoms with Gasteiger partial charge < -0.3 is 14.5 Å². The van der Waals surface area contributed by atoms with E-state index in [0.29, 0.717) is 19.7 Å². The molecule has 7 heteroatoms. The number of piperazine rings is 1. The highest BCUT2D eigenvalue weighted by atomic mass is 19.1. The van der Waals surface area contributed by atoms with Gasteiger partial charge in [0, 0.05) is 45.8 Å². The van der Waals surface area contributed by atoms with Crippen molar-refractivity contribution in [2.75, 3.05) is 52.4 Å². The first-order chi connectivity index (χ1) is 16.0. The van der Waals surface area contributed by atoms with Gasteiger partial charge >= 0.3 is 6.03 Å². The van der Waals surface area contributed by atoms with Gasteiger partial charge in [-0.2, -0.15) is 0 Å². The molecule has 0 aromatic heterocycles. The first-order valence-electron chi connectivity index (χ1n) is 11.9. The van der Waals surface area contributed by atoms with Crippen molar-refractivity contribution in [1.82, 2.24) is 14.7 Å². The van der Waals surface area contributed by atoms with Gasteiger partial charge in [0.05, 0.1) is 6.61 Å². The highest BCUT2D eigenvalue weighted by Gasteiger charge is 2.25. The SMILES string of the molecule is CCCN(CCC)C(=O)N1CCN(CCOC(c2ccc(F)cc2)c2ccc(F)cc2)CC1. The van der Waals surface area contributed by atoms with Gasteiger partial charge in [0.1, 0.15) is 17.7 Å². The fourth-order valence-electron chi connectivity index (χ4n) is 4.17. The van der Waals surface area contributed by atoms with Crippen LogP contribution in [0.5, 0.6) is 0 Å². The van der Waals surface area contributed by atoms with Crippen LogP contribution in [0.15, 0.2) is 48.5 Å². The van der Waals surface area contributed by atoms with E-state index in [1.807, 2.05) is 9.80 Å². The summed E-state index contributed by atoms with van der Waals surface area (Å²) in [6.07, 6.45) is 1.53. The van der Waals surface area contributed by atoms with E-state index < -0.39 is 6.10 Å². The summed E-state index contributed by atoms with van der Waals surface area (Å²) < 4.78 is 33.0. The molecule has 0 bridgehead atoms. The van der Waals surface area contributed by atoms with Crippen molar-refractivity contribution in [2.45, 2.75) is 32.8 Å². The lowest BCUT2D eigenvalue weighted by Gasteiger charge is -2.37. The van der Waals surface area contributed by atoms with Gasteiger partial charge in [-0.1, -0.05) is 38.1 Å². The normalized spacial score (nSPS) is 14.6. The Balaban J connectivity index is 1.53. The van der Waals surface area contributed by atoms with Crippen LogP contribution >= 0.6 is 0 Å². The topological polar surface area (TPSA) is 36.0 Å². The van der Waals surface area contributed by atoms with Gasteiger partial charge in [-0.25, -0.2) is 13.6 Å². The molecule has 1 heterocycles. The Hall–Kier alpha value is -2.51. The summed E-state index contributed by atoms with van der Waals surface area (Å²) in [4.78, 5) is 19.0. The third kappa shape index (κ3) is 7.24. The van der Waals surface area contributed by atoms with Gasteiger partial charge in [0.2, 0.25) is 0 Å². The van der Waals surface area contributed by atoms with Crippen molar-refractivity contribution < 1.29 is 18.3 Å². The van der Waals surface area contributed by atoms with Crippen LogP contribution in [0.4, 0.5) is 13.6 Å². The quantitative estimate of drug-likeness (QED) is 0.505. The number of ether oxygens (including phenoxy) is 1. The molecule has 0 aliphatic carbocycles. The van der Waals surface area contributed by atoms with Crippen molar-refractivity contribution in [3.05, 3.63) is 71.3 Å². The number of rotatable bonds is 10. The molecule has 0 spiro atoms. The first kappa shape index (κ1) is 25.1. The number of amides is 2. The predicted octanol–water partition coefficient (Wildman–Crippen LogP) is 4.93. The number of hydrogen-bond acceptors (Lipinski definition) is 3. The molecule has 180 valence electrons. The highest BCUT2D eigenvalue weighted by Crippen LogP contribution is 2.26. The lowest BCUT2D eigenvalue weighted by Crippen LogP contribution is -2.53. The average Bonchev–Trinajstić information content (AvgIpc) is 2.83. The summed E-state index contributed by atoms with van der Waals surface area (Å²) in [5.74, 6) is -0.610. The van der Waals surface area contributed by atoms with Crippen LogP contribution in [0.3, 0.4) is 0 Å². The molecule has 1 aliphatic heterocycles. The minimum Gasteiger partial charge on any atom is -0.367 e. The number of carbonyl (C=O) groups excluding carboxylic acids is 1. The maximum Gasteiger partial charge on any atom is 0.320 e. The summed E-state index contributed by atoms with van der Waals surface area (Å²) in [6, 6.07) is 12.6. The van der Waals surface area contributed by atoms with Gasteiger partial charge in [-0.3, -0.25) is 4.90 Å². The Morgan fingerprint density at radius 3 is 1.82 bits per heavy atom. The fourth-order valence-corrected chi connectivity index (χ4v) is 4.17. The molecule has 0 N–H and O–H groups in total. The minimum absolute atomic E-state index is 0.141. The van der Waals surface area contributed by atoms with Crippen LogP contribution in [0.1, 0.15) is 43.9 Å². The maximum absolute atomic E-state index is 13.4. The van der Waals surface area contributed by atoms with Crippen LogP contribution in [0.2, 0.25) is 0 Å². The molecule has 1 aliphatic rings. The zero-order valence-corrected chi connectivity index (χ0v) is 19.7. The fraction of sp³-hybridized carbons (Fsp3) is 0.500. The third-order valence-corrected chi connectivity index (χ3v) is 5.94. The van der Waals surface area contributed by atoms with Crippen LogP contribution < -0.4 is 0 Å². The Morgan fingerprint density at radius 1 is 0.879 bits per heavy atom. The third-order valence-electron chi connectivity index (χ3n) is 5.94. The lowest BCUT2D eigenvalue weighted by atomic mass is 10.0. The second-order valence-corrected chi connectivity index (χ2v) is 8.45. The molecule has 1 saturated heterocycles. The lowest BCUT2D eigenvalue weighted by molar-refractivity contribution is 0.0466. The molecule has 5 nitrogen and oxygen atoms in total. The molecule has 0 saturated carbocycles. The second kappa shape index (κ2) is 12.7. The van der Waals surface area contributed by atoms with E-state index in [1.165, 1.54) is 24.3 Å². The van der Waals surface area contributed by atoms with Crippen molar-refractivity contribution in [3.8, 4) is 0 Å². The summed E-state index contributed by atoms with van der Waals surface area (Å²) in [5, 5.41) is 0. The van der Waals surface area contributed by atoms with E-state index in [9.17, 15) is 13.6 Å². The van der Waals surface area contributed by atoms with E-state index in [2.05, 4.69) is 18.7 Å². The molecule has 3 rings (SSSR count). The van der Waals surface area contributed by atoms with Crippen molar-refractivity contribution in [1.29, 1.82) is 0 Å². The molecule has 2 aromatic rings. The Bertz CT molecular complexity index is 801. The Morgan fingerprint density at radius 2 is 1.36 bits per heavy atom. The molecule has 0 atom stereocenters. The molecule has 0 unspecified atom stereocenters. The van der Waals surface area contributed by atoms with Crippen LogP contribution in [0, 0.1) is 11.6 Å². The second-order valence-electron chi connectivity index (χ2n) is 8.45. The summed E-state index contributed by atoms with van der Waals surface area (Å²) in [5.41, 5.74) is 1.65. The molecular weight excluding hydrogens is 424 g/mol. The number of halogens is 2. The van der Waals surface area contributed by atoms with E-state index in [-0.39, 0.29) is 17.7 Å². The van der Waals surface area contributed by atoms with E-state index in [1.54, 1.807) is 24.3 Å². The Labute approximate surface area is 195 Å². The zero-order chi connectivity index (χ0) is 23.6. The molecule has 2 aromatic carbocycles. The zero-order valence-electron chi connectivity index (χ0n) is 19.7.